The number of ether oxygens (including phenoxy) is 2. The number of hydrogen-bond donors (Lipinski definition) is 0. The lowest BCUT2D eigenvalue weighted by molar-refractivity contribution is 0.112. The van der Waals surface area contributed by atoms with Crippen LogP contribution >= 0.6 is 11.3 Å². The summed E-state index contributed by atoms with van der Waals surface area (Å²) in [6.07, 6.45) is 0.746. The van der Waals surface area contributed by atoms with Crippen LogP contribution in [0, 0.1) is 0 Å². The van der Waals surface area contributed by atoms with Gasteiger partial charge in [-0.25, -0.2) is 0 Å². The quantitative estimate of drug-likeness (QED) is 0.770. The highest BCUT2D eigenvalue weighted by molar-refractivity contribution is 7.10. The summed E-state index contributed by atoms with van der Waals surface area (Å²) in [6, 6.07) is 9.16. The smallest absolute Gasteiger partial charge is 0.162 e. The Morgan fingerprint density at radius 3 is 2.72 bits per heavy atom. The fourth-order valence-corrected chi connectivity index (χ4v) is 2.34. The molecule has 1 aromatic heterocycles. The maximum Gasteiger partial charge on any atom is 0.162 e. The van der Waals surface area contributed by atoms with Crippen LogP contribution in [0.3, 0.4) is 0 Å². The molecule has 94 valence electrons. The molecule has 1 heterocycles. The number of carbonyl (C=O) groups excluding carboxylic acids is 1. The van der Waals surface area contributed by atoms with Crippen molar-refractivity contribution in [3.8, 4) is 11.5 Å². The lowest BCUT2D eigenvalue weighted by Gasteiger charge is -2.16. The van der Waals surface area contributed by atoms with Crippen LogP contribution in [0.15, 0.2) is 35.7 Å². The van der Waals surface area contributed by atoms with Gasteiger partial charge < -0.3 is 9.47 Å². The molecule has 2 rings (SSSR count). The van der Waals surface area contributed by atoms with Gasteiger partial charge in [-0.2, -0.15) is 0 Å². The van der Waals surface area contributed by atoms with Gasteiger partial charge in [0.2, 0.25) is 0 Å². The first-order valence-electron chi connectivity index (χ1n) is 5.58. The van der Waals surface area contributed by atoms with Gasteiger partial charge >= 0.3 is 0 Å². The van der Waals surface area contributed by atoms with E-state index in [1.165, 1.54) is 0 Å². The van der Waals surface area contributed by atoms with E-state index >= 15 is 0 Å². The van der Waals surface area contributed by atoms with Crippen LogP contribution in [0.25, 0.3) is 0 Å². The fraction of sp³-hybridized carbons (Fsp3) is 0.214. The van der Waals surface area contributed by atoms with E-state index < -0.39 is 0 Å². The molecule has 0 aliphatic heterocycles. The minimum absolute atomic E-state index is 0.0408. The molecule has 0 aliphatic rings. The van der Waals surface area contributed by atoms with Crippen molar-refractivity contribution in [2.75, 3.05) is 7.11 Å². The van der Waals surface area contributed by atoms with E-state index in [9.17, 15) is 4.79 Å². The number of rotatable bonds is 5. The van der Waals surface area contributed by atoms with E-state index in [-0.39, 0.29) is 6.10 Å². The van der Waals surface area contributed by atoms with Gasteiger partial charge in [0.1, 0.15) is 12.4 Å². The standard InChI is InChI=1S/C14H14O3S/c1-10(14-4-3-7-18-14)17-12-6-5-11(9-15)8-13(12)16-2/h3-10H,1-2H3. The van der Waals surface area contributed by atoms with Crippen molar-refractivity contribution in [2.45, 2.75) is 13.0 Å². The monoisotopic (exact) mass is 262 g/mol. The van der Waals surface area contributed by atoms with E-state index in [4.69, 9.17) is 9.47 Å². The fourth-order valence-electron chi connectivity index (χ4n) is 1.63. The molecule has 0 aliphatic carbocycles. The van der Waals surface area contributed by atoms with Crippen molar-refractivity contribution in [2.24, 2.45) is 0 Å². The number of aldehydes is 1. The first-order valence-corrected chi connectivity index (χ1v) is 6.46. The normalized spacial score (nSPS) is 11.9. The third-order valence-electron chi connectivity index (χ3n) is 2.57. The van der Waals surface area contributed by atoms with Crippen LogP contribution in [0.1, 0.15) is 28.3 Å². The van der Waals surface area contributed by atoms with E-state index in [1.807, 2.05) is 24.4 Å². The summed E-state index contributed by atoms with van der Waals surface area (Å²) in [5.41, 5.74) is 0.572. The lowest BCUT2D eigenvalue weighted by atomic mass is 10.2. The van der Waals surface area contributed by atoms with E-state index in [0.717, 1.165) is 11.2 Å². The summed E-state index contributed by atoms with van der Waals surface area (Å²) >= 11 is 1.65. The molecule has 0 N–H and O–H groups in total. The Kier molecular flexibility index (Phi) is 3.99. The molecule has 2 aromatic rings. The third-order valence-corrected chi connectivity index (χ3v) is 3.60. The Hall–Kier alpha value is -1.81. The summed E-state index contributed by atoms with van der Waals surface area (Å²) in [7, 11) is 1.56. The van der Waals surface area contributed by atoms with Crippen LogP contribution in [0.2, 0.25) is 0 Å². The maximum absolute atomic E-state index is 10.7. The van der Waals surface area contributed by atoms with Crippen molar-refractivity contribution in [3.63, 3.8) is 0 Å². The molecule has 0 fully saturated rings. The van der Waals surface area contributed by atoms with E-state index in [0.29, 0.717) is 17.1 Å². The molecule has 1 aromatic carbocycles. The van der Waals surface area contributed by atoms with Crippen molar-refractivity contribution >= 4 is 17.6 Å². The van der Waals surface area contributed by atoms with Crippen LogP contribution < -0.4 is 9.47 Å². The highest BCUT2D eigenvalue weighted by Gasteiger charge is 2.12. The average molecular weight is 262 g/mol. The van der Waals surface area contributed by atoms with Gasteiger partial charge in [-0.3, -0.25) is 4.79 Å². The van der Waals surface area contributed by atoms with Crippen LogP contribution in [-0.2, 0) is 0 Å². The van der Waals surface area contributed by atoms with Crippen LogP contribution in [0.4, 0.5) is 0 Å². The first kappa shape index (κ1) is 12.6. The third kappa shape index (κ3) is 2.71. The molecule has 1 atom stereocenters. The minimum Gasteiger partial charge on any atom is -0.493 e. The van der Waals surface area contributed by atoms with Gasteiger partial charge in [-0.1, -0.05) is 6.07 Å². The van der Waals surface area contributed by atoms with E-state index in [1.54, 1.807) is 36.6 Å². The van der Waals surface area contributed by atoms with Crippen LogP contribution in [0.5, 0.6) is 11.5 Å². The van der Waals surface area contributed by atoms with Crippen molar-refractivity contribution < 1.29 is 14.3 Å². The second kappa shape index (κ2) is 5.69. The Labute approximate surface area is 110 Å². The molecular formula is C14H14O3S. The molecule has 0 radical (unpaired) electrons. The van der Waals surface area contributed by atoms with Gasteiger partial charge in [0.05, 0.1) is 7.11 Å². The van der Waals surface area contributed by atoms with E-state index in [2.05, 4.69) is 0 Å². The molecule has 1 unspecified atom stereocenters. The molecular weight excluding hydrogens is 248 g/mol. The molecule has 3 nitrogen and oxygen atoms in total. The molecule has 4 heteroatoms. The molecule has 0 saturated heterocycles. The second-order valence-corrected chi connectivity index (χ2v) is 4.78. The predicted molar refractivity (Wildman–Crippen MR) is 71.7 cm³/mol. The SMILES string of the molecule is COc1cc(C=O)ccc1OC(C)c1cccs1. The molecule has 0 saturated carbocycles. The number of thiophene rings is 1. The van der Waals surface area contributed by atoms with Gasteiger partial charge in [-0.05, 0) is 36.6 Å². The van der Waals surface area contributed by atoms with Gasteiger partial charge in [0, 0.05) is 10.4 Å². The van der Waals surface area contributed by atoms with Crippen molar-refractivity contribution in [1.29, 1.82) is 0 Å². The van der Waals surface area contributed by atoms with Crippen molar-refractivity contribution in [1.82, 2.24) is 0 Å². The molecule has 18 heavy (non-hydrogen) atoms. The number of carbonyl (C=O) groups is 1. The molecule has 0 amide bonds. The molecule has 0 bridgehead atoms. The highest BCUT2D eigenvalue weighted by Crippen LogP contribution is 2.32. The first-order chi connectivity index (χ1) is 8.74. The average Bonchev–Trinajstić information content (AvgIpc) is 2.93. The van der Waals surface area contributed by atoms with Gasteiger partial charge in [0.25, 0.3) is 0 Å². The summed E-state index contributed by atoms with van der Waals surface area (Å²) in [4.78, 5) is 11.8. The number of methoxy groups -OCH3 is 1. The zero-order valence-electron chi connectivity index (χ0n) is 10.3. The number of benzene rings is 1. The second-order valence-electron chi connectivity index (χ2n) is 3.80. The predicted octanol–water partition coefficient (Wildman–Crippen LogP) is 3.71. The number of hydrogen-bond acceptors (Lipinski definition) is 4. The topological polar surface area (TPSA) is 35.5 Å². The van der Waals surface area contributed by atoms with Crippen molar-refractivity contribution in [3.05, 3.63) is 46.2 Å². The summed E-state index contributed by atoms with van der Waals surface area (Å²) in [6.45, 7) is 1.99. The summed E-state index contributed by atoms with van der Waals surface area (Å²) < 4.78 is 11.1. The lowest BCUT2D eigenvalue weighted by Crippen LogP contribution is -2.02. The van der Waals surface area contributed by atoms with Gasteiger partial charge in [-0.15, -0.1) is 11.3 Å². The Balaban J connectivity index is 2.20. The largest absolute Gasteiger partial charge is 0.493 e. The Morgan fingerprint density at radius 1 is 1.28 bits per heavy atom. The Bertz CT molecular complexity index is 520. The Morgan fingerprint density at radius 2 is 2.11 bits per heavy atom. The van der Waals surface area contributed by atoms with Crippen LogP contribution in [-0.4, -0.2) is 13.4 Å². The summed E-state index contributed by atoms with van der Waals surface area (Å²) in [5.74, 6) is 1.21. The minimum atomic E-state index is -0.0408. The zero-order valence-corrected chi connectivity index (χ0v) is 11.1. The highest BCUT2D eigenvalue weighted by atomic mass is 32.1. The zero-order chi connectivity index (χ0) is 13.0. The molecule has 0 spiro atoms. The maximum atomic E-state index is 10.7. The van der Waals surface area contributed by atoms with Gasteiger partial charge in [0.15, 0.2) is 11.5 Å². The summed E-state index contributed by atoms with van der Waals surface area (Å²) in [5, 5.41) is 2.02.